The SMILES string of the molecule is O=C(O)/C=C/CN1CCN2C(=O)CCC2C1. The maximum atomic E-state index is 11.4. The molecule has 2 aliphatic heterocycles. The van der Waals surface area contributed by atoms with Gasteiger partial charge in [0.1, 0.15) is 0 Å². The van der Waals surface area contributed by atoms with Gasteiger partial charge in [-0.2, -0.15) is 0 Å². The molecule has 2 rings (SSSR count). The standard InChI is InChI=1S/C11H16N2O3/c14-10-4-3-9-8-12(6-7-13(9)10)5-1-2-11(15)16/h1-2,9H,3-8H2,(H,15,16)/b2-1+. The fourth-order valence-corrected chi connectivity index (χ4v) is 2.40. The lowest BCUT2D eigenvalue weighted by atomic mass is 10.1. The number of amides is 1. The number of hydrogen-bond donors (Lipinski definition) is 1. The lowest BCUT2D eigenvalue weighted by Gasteiger charge is -2.37. The maximum absolute atomic E-state index is 11.4. The Morgan fingerprint density at radius 1 is 1.50 bits per heavy atom. The smallest absolute Gasteiger partial charge is 0.328 e. The molecule has 16 heavy (non-hydrogen) atoms. The van der Waals surface area contributed by atoms with Crippen LogP contribution in [-0.4, -0.2) is 59.0 Å². The van der Waals surface area contributed by atoms with Crippen molar-refractivity contribution in [3.63, 3.8) is 0 Å². The predicted octanol–water partition coefficient (Wildman–Crippen LogP) is -0.0662. The zero-order valence-electron chi connectivity index (χ0n) is 9.13. The third kappa shape index (κ3) is 2.41. The highest BCUT2D eigenvalue weighted by Gasteiger charge is 2.34. The summed E-state index contributed by atoms with van der Waals surface area (Å²) in [6.07, 6.45) is 4.45. The van der Waals surface area contributed by atoms with Gasteiger partial charge in [-0.05, 0) is 6.42 Å². The minimum absolute atomic E-state index is 0.269. The summed E-state index contributed by atoms with van der Waals surface area (Å²) >= 11 is 0. The summed E-state index contributed by atoms with van der Waals surface area (Å²) in [5.74, 6) is -0.639. The minimum atomic E-state index is -0.908. The van der Waals surface area contributed by atoms with Crippen molar-refractivity contribution >= 4 is 11.9 Å². The van der Waals surface area contributed by atoms with Crippen LogP contribution in [0.4, 0.5) is 0 Å². The van der Waals surface area contributed by atoms with E-state index in [1.807, 2.05) is 4.90 Å². The lowest BCUT2D eigenvalue weighted by molar-refractivity contribution is -0.131. The second kappa shape index (κ2) is 4.65. The molecule has 0 spiro atoms. The minimum Gasteiger partial charge on any atom is -0.478 e. The van der Waals surface area contributed by atoms with E-state index < -0.39 is 5.97 Å². The Hall–Kier alpha value is -1.36. The number of carboxylic acid groups (broad SMARTS) is 1. The molecule has 0 aromatic carbocycles. The Bertz CT molecular complexity index is 327. The topological polar surface area (TPSA) is 60.9 Å². The van der Waals surface area contributed by atoms with E-state index in [-0.39, 0.29) is 5.91 Å². The zero-order valence-corrected chi connectivity index (χ0v) is 9.13. The summed E-state index contributed by atoms with van der Waals surface area (Å²) in [4.78, 5) is 25.9. The zero-order chi connectivity index (χ0) is 11.5. The van der Waals surface area contributed by atoms with Crippen LogP contribution >= 0.6 is 0 Å². The van der Waals surface area contributed by atoms with Gasteiger partial charge in [0.2, 0.25) is 5.91 Å². The van der Waals surface area contributed by atoms with Gasteiger partial charge in [0.15, 0.2) is 0 Å². The van der Waals surface area contributed by atoms with Crippen molar-refractivity contribution in [2.24, 2.45) is 0 Å². The highest BCUT2D eigenvalue weighted by molar-refractivity contribution is 5.79. The summed E-state index contributed by atoms with van der Waals surface area (Å²) in [5.41, 5.74) is 0. The molecule has 2 heterocycles. The fourth-order valence-electron chi connectivity index (χ4n) is 2.40. The van der Waals surface area contributed by atoms with Crippen molar-refractivity contribution in [3.05, 3.63) is 12.2 Å². The normalized spacial score (nSPS) is 26.4. The van der Waals surface area contributed by atoms with E-state index in [2.05, 4.69) is 4.90 Å². The Morgan fingerprint density at radius 3 is 3.06 bits per heavy atom. The summed E-state index contributed by atoms with van der Waals surface area (Å²) in [6, 6.07) is 0.347. The van der Waals surface area contributed by atoms with E-state index in [4.69, 9.17) is 5.11 Å². The van der Waals surface area contributed by atoms with Gasteiger partial charge >= 0.3 is 5.97 Å². The van der Waals surface area contributed by atoms with Crippen LogP contribution in [0.15, 0.2) is 12.2 Å². The van der Waals surface area contributed by atoms with Crippen LogP contribution in [0.3, 0.4) is 0 Å². The Balaban J connectivity index is 1.83. The average Bonchev–Trinajstić information content (AvgIpc) is 2.60. The Kier molecular flexibility index (Phi) is 3.24. The monoisotopic (exact) mass is 224 g/mol. The van der Waals surface area contributed by atoms with Gasteiger partial charge in [-0.25, -0.2) is 4.79 Å². The summed E-state index contributed by atoms with van der Waals surface area (Å²) < 4.78 is 0. The van der Waals surface area contributed by atoms with Gasteiger partial charge in [0, 0.05) is 44.7 Å². The first-order valence-corrected chi connectivity index (χ1v) is 5.58. The van der Waals surface area contributed by atoms with Crippen molar-refractivity contribution in [2.45, 2.75) is 18.9 Å². The second-order valence-corrected chi connectivity index (χ2v) is 4.28. The van der Waals surface area contributed by atoms with Crippen LogP contribution in [0.25, 0.3) is 0 Å². The van der Waals surface area contributed by atoms with Gasteiger partial charge in [-0.3, -0.25) is 9.69 Å². The summed E-state index contributed by atoms with van der Waals surface area (Å²) in [5, 5.41) is 8.47. The van der Waals surface area contributed by atoms with Crippen LogP contribution in [0.1, 0.15) is 12.8 Å². The molecule has 2 saturated heterocycles. The van der Waals surface area contributed by atoms with E-state index in [0.29, 0.717) is 19.0 Å². The second-order valence-electron chi connectivity index (χ2n) is 4.28. The molecule has 1 N–H and O–H groups in total. The van der Waals surface area contributed by atoms with Crippen LogP contribution in [0, 0.1) is 0 Å². The van der Waals surface area contributed by atoms with Crippen LogP contribution < -0.4 is 0 Å². The number of rotatable bonds is 3. The van der Waals surface area contributed by atoms with Crippen molar-refractivity contribution < 1.29 is 14.7 Å². The highest BCUT2D eigenvalue weighted by Crippen LogP contribution is 2.22. The van der Waals surface area contributed by atoms with Crippen molar-refractivity contribution in [2.75, 3.05) is 26.2 Å². The first-order chi connectivity index (χ1) is 7.66. The molecule has 0 aliphatic carbocycles. The average molecular weight is 224 g/mol. The van der Waals surface area contributed by atoms with Gasteiger partial charge < -0.3 is 10.0 Å². The molecule has 5 heteroatoms. The molecular formula is C11H16N2O3. The largest absolute Gasteiger partial charge is 0.478 e. The molecule has 0 radical (unpaired) electrons. The van der Waals surface area contributed by atoms with Gasteiger partial charge in [-0.1, -0.05) is 6.08 Å². The van der Waals surface area contributed by atoms with E-state index in [0.717, 1.165) is 26.1 Å². The van der Waals surface area contributed by atoms with Crippen molar-refractivity contribution in [1.82, 2.24) is 9.80 Å². The molecular weight excluding hydrogens is 208 g/mol. The van der Waals surface area contributed by atoms with E-state index in [9.17, 15) is 9.59 Å². The number of hydrogen-bond acceptors (Lipinski definition) is 3. The van der Waals surface area contributed by atoms with Crippen molar-refractivity contribution in [3.8, 4) is 0 Å². The number of carboxylic acids is 1. The first-order valence-electron chi connectivity index (χ1n) is 5.58. The van der Waals surface area contributed by atoms with E-state index >= 15 is 0 Å². The summed E-state index contributed by atoms with van der Waals surface area (Å²) in [7, 11) is 0. The quantitative estimate of drug-likeness (QED) is 0.682. The maximum Gasteiger partial charge on any atom is 0.328 e. The predicted molar refractivity (Wildman–Crippen MR) is 58.0 cm³/mol. The van der Waals surface area contributed by atoms with Crippen molar-refractivity contribution in [1.29, 1.82) is 0 Å². The molecule has 1 amide bonds. The number of nitrogens with zero attached hydrogens (tertiary/aromatic N) is 2. The van der Waals surface area contributed by atoms with Crippen LogP contribution in [-0.2, 0) is 9.59 Å². The summed E-state index contributed by atoms with van der Waals surface area (Å²) in [6.45, 7) is 3.15. The molecule has 0 aromatic rings. The third-order valence-electron chi connectivity index (χ3n) is 3.20. The molecule has 0 saturated carbocycles. The lowest BCUT2D eigenvalue weighted by Crippen LogP contribution is -2.51. The number of carbonyl (C=O) groups is 2. The van der Waals surface area contributed by atoms with Crippen LogP contribution in [0.2, 0.25) is 0 Å². The Labute approximate surface area is 94.3 Å². The number of piperazine rings is 1. The number of carbonyl (C=O) groups excluding carboxylic acids is 1. The highest BCUT2D eigenvalue weighted by atomic mass is 16.4. The molecule has 88 valence electrons. The van der Waals surface area contributed by atoms with E-state index in [1.54, 1.807) is 6.08 Å². The molecule has 1 unspecified atom stereocenters. The molecule has 2 aliphatic rings. The van der Waals surface area contributed by atoms with E-state index in [1.165, 1.54) is 6.08 Å². The first kappa shape index (κ1) is 11.1. The van der Waals surface area contributed by atoms with Crippen LogP contribution in [0.5, 0.6) is 0 Å². The number of fused-ring (bicyclic) bond motifs is 1. The molecule has 0 bridgehead atoms. The molecule has 5 nitrogen and oxygen atoms in total. The van der Waals surface area contributed by atoms with Gasteiger partial charge in [-0.15, -0.1) is 0 Å². The molecule has 1 atom stereocenters. The van der Waals surface area contributed by atoms with Gasteiger partial charge in [0.05, 0.1) is 0 Å². The Morgan fingerprint density at radius 2 is 2.31 bits per heavy atom. The molecule has 0 aromatic heterocycles. The third-order valence-corrected chi connectivity index (χ3v) is 3.20. The number of aliphatic carboxylic acids is 1. The molecule has 2 fully saturated rings. The van der Waals surface area contributed by atoms with Gasteiger partial charge in [0.25, 0.3) is 0 Å². The fraction of sp³-hybridized carbons (Fsp3) is 0.636.